The smallest absolute Gasteiger partial charge is 0.237 e. The lowest BCUT2D eigenvalue weighted by Crippen LogP contribution is -2.54. The number of carbonyl (C=O) groups is 1. The van der Waals surface area contributed by atoms with Gasteiger partial charge in [-0.1, -0.05) is 13.3 Å². The van der Waals surface area contributed by atoms with Gasteiger partial charge in [0.25, 0.3) is 0 Å². The van der Waals surface area contributed by atoms with Gasteiger partial charge in [0.05, 0.1) is 11.6 Å². The summed E-state index contributed by atoms with van der Waals surface area (Å²) in [7, 11) is 1.75. The fourth-order valence-corrected chi connectivity index (χ4v) is 2.96. The van der Waals surface area contributed by atoms with Crippen LogP contribution < -0.4 is 10.6 Å². The summed E-state index contributed by atoms with van der Waals surface area (Å²) in [4.78, 5) is 12.1. The summed E-state index contributed by atoms with van der Waals surface area (Å²) in [5.74, 6) is 0.846. The minimum absolute atomic E-state index is 0.00215. The number of carbonyl (C=O) groups excluding carboxylic acids is 1. The number of amides is 1. The monoisotopic (exact) mass is 254 g/mol. The average Bonchev–Trinajstić information content (AvgIpc) is 2.38. The third-order valence-corrected chi connectivity index (χ3v) is 4.69. The zero-order chi connectivity index (χ0) is 13.0. The largest absolute Gasteiger partial charge is 0.376 e. The van der Waals surface area contributed by atoms with E-state index in [9.17, 15) is 4.79 Å². The SMILES string of the molecule is CCC1CCNC(C(=O)NCC2(OC)CCC2)C1. The highest BCUT2D eigenvalue weighted by Gasteiger charge is 2.38. The van der Waals surface area contributed by atoms with Crippen molar-refractivity contribution in [1.29, 1.82) is 0 Å². The van der Waals surface area contributed by atoms with E-state index < -0.39 is 0 Å². The third kappa shape index (κ3) is 3.04. The van der Waals surface area contributed by atoms with Crippen molar-refractivity contribution in [1.82, 2.24) is 10.6 Å². The van der Waals surface area contributed by atoms with Crippen LogP contribution in [0.3, 0.4) is 0 Å². The normalized spacial score (nSPS) is 30.6. The zero-order valence-corrected chi connectivity index (χ0v) is 11.6. The van der Waals surface area contributed by atoms with Gasteiger partial charge in [-0.05, 0) is 44.6 Å². The van der Waals surface area contributed by atoms with Crippen molar-refractivity contribution < 1.29 is 9.53 Å². The van der Waals surface area contributed by atoms with Crippen LogP contribution in [0.2, 0.25) is 0 Å². The van der Waals surface area contributed by atoms with Crippen LogP contribution >= 0.6 is 0 Å². The lowest BCUT2D eigenvalue weighted by atomic mass is 9.80. The summed E-state index contributed by atoms with van der Waals surface area (Å²) < 4.78 is 5.52. The van der Waals surface area contributed by atoms with Crippen molar-refractivity contribution in [2.24, 2.45) is 5.92 Å². The van der Waals surface area contributed by atoms with Gasteiger partial charge in [-0.2, -0.15) is 0 Å². The summed E-state index contributed by atoms with van der Waals surface area (Å²) in [6.07, 6.45) is 6.69. The van der Waals surface area contributed by atoms with Crippen LogP contribution in [0.25, 0.3) is 0 Å². The molecule has 1 heterocycles. The first-order valence-electron chi connectivity index (χ1n) is 7.25. The van der Waals surface area contributed by atoms with E-state index >= 15 is 0 Å². The number of rotatable bonds is 5. The molecule has 1 aliphatic heterocycles. The Hall–Kier alpha value is -0.610. The topological polar surface area (TPSA) is 50.4 Å². The average molecular weight is 254 g/mol. The van der Waals surface area contributed by atoms with Gasteiger partial charge in [0, 0.05) is 13.7 Å². The van der Waals surface area contributed by atoms with Gasteiger partial charge in [0.2, 0.25) is 5.91 Å². The summed E-state index contributed by atoms with van der Waals surface area (Å²) in [6.45, 7) is 3.84. The summed E-state index contributed by atoms with van der Waals surface area (Å²) in [5, 5.41) is 6.38. The first kappa shape index (κ1) is 13.8. The predicted molar refractivity (Wildman–Crippen MR) is 71.4 cm³/mol. The molecule has 18 heavy (non-hydrogen) atoms. The molecule has 2 aliphatic rings. The number of methoxy groups -OCH3 is 1. The van der Waals surface area contributed by atoms with Gasteiger partial charge in [0.1, 0.15) is 0 Å². The van der Waals surface area contributed by atoms with Gasteiger partial charge in [-0.25, -0.2) is 0 Å². The summed E-state index contributed by atoms with van der Waals surface area (Å²) in [5.41, 5.74) is -0.0749. The van der Waals surface area contributed by atoms with Crippen molar-refractivity contribution in [3.05, 3.63) is 0 Å². The molecule has 1 aliphatic carbocycles. The van der Waals surface area contributed by atoms with E-state index in [2.05, 4.69) is 17.6 Å². The van der Waals surface area contributed by atoms with E-state index in [1.807, 2.05) is 0 Å². The second-order valence-electron chi connectivity index (χ2n) is 5.76. The molecule has 2 unspecified atom stereocenters. The van der Waals surface area contributed by atoms with Crippen LogP contribution in [-0.2, 0) is 9.53 Å². The molecular weight excluding hydrogens is 228 g/mol. The highest BCUT2D eigenvalue weighted by molar-refractivity contribution is 5.81. The van der Waals surface area contributed by atoms with Crippen molar-refractivity contribution >= 4 is 5.91 Å². The predicted octanol–water partition coefficient (Wildman–Crippen LogP) is 1.45. The first-order chi connectivity index (χ1) is 8.69. The van der Waals surface area contributed by atoms with Crippen molar-refractivity contribution in [2.45, 2.75) is 57.1 Å². The summed E-state index contributed by atoms with van der Waals surface area (Å²) in [6, 6.07) is -0.00215. The fourth-order valence-electron chi connectivity index (χ4n) is 2.96. The van der Waals surface area contributed by atoms with E-state index in [-0.39, 0.29) is 17.6 Å². The number of hydrogen-bond acceptors (Lipinski definition) is 3. The lowest BCUT2D eigenvalue weighted by Gasteiger charge is -2.41. The van der Waals surface area contributed by atoms with Gasteiger partial charge in [0.15, 0.2) is 0 Å². The third-order valence-electron chi connectivity index (χ3n) is 4.69. The van der Waals surface area contributed by atoms with E-state index in [0.717, 1.165) is 25.8 Å². The van der Waals surface area contributed by atoms with Gasteiger partial charge < -0.3 is 15.4 Å². The standard InChI is InChI=1S/C14H26N2O2/c1-3-11-5-8-15-12(9-11)13(17)16-10-14(18-2)6-4-7-14/h11-12,15H,3-10H2,1-2H3,(H,16,17). The van der Waals surface area contributed by atoms with Crippen LogP contribution in [0, 0.1) is 5.92 Å². The molecule has 104 valence electrons. The van der Waals surface area contributed by atoms with Crippen molar-refractivity contribution in [3.63, 3.8) is 0 Å². The number of ether oxygens (including phenoxy) is 1. The van der Waals surface area contributed by atoms with Gasteiger partial charge in [-0.3, -0.25) is 4.79 Å². The molecule has 2 rings (SSSR count). The van der Waals surface area contributed by atoms with Crippen LogP contribution in [0.1, 0.15) is 45.4 Å². The summed E-state index contributed by atoms with van der Waals surface area (Å²) >= 11 is 0. The molecule has 0 radical (unpaired) electrons. The quantitative estimate of drug-likeness (QED) is 0.781. The van der Waals surface area contributed by atoms with Crippen molar-refractivity contribution in [3.8, 4) is 0 Å². The molecule has 0 aromatic carbocycles. The maximum Gasteiger partial charge on any atom is 0.237 e. The van der Waals surface area contributed by atoms with Crippen LogP contribution in [0.4, 0.5) is 0 Å². The fraction of sp³-hybridized carbons (Fsp3) is 0.929. The molecule has 0 bridgehead atoms. The van der Waals surface area contributed by atoms with Crippen LogP contribution in [0.15, 0.2) is 0 Å². The maximum absolute atomic E-state index is 12.1. The molecule has 2 atom stereocenters. The van der Waals surface area contributed by atoms with E-state index in [1.54, 1.807) is 7.11 Å². The number of hydrogen-bond donors (Lipinski definition) is 2. The molecule has 0 aromatic heterocycles. The van der Waals surface area contributed by atoms with Crippen LogP contribution in [0.5, 0.6) is 0 Å². The Balaban J connectivity index is 1.77. The Kier molecular flexibility index (Phi) is 4.62. The van der Waals surface area contributed by atoms with E-state index in [0.29, 0.717) is 12.5 Å². The number of nitrogens with one attached hydrogen (secondary N) is 2. The Morgan fingerprint density at radius 2 is 2.28 bits per heavy atom. The Labute approximate surface area is 110 Å². The molecule has 2 fully saturated rings. The Bertz CT molecular complexity index is 284. The van der Waals surface area contributed by atoms with Gasteiger partial charge >= 0.3 is 0 Å². The van der Waals surface area contributed by atoms with E-state index in [1.165, 1.54) is 19.3 Å². The highest BCUT2D eigenvalue weighted by Crippen LogP contribution is 2.34. The Morgan fingerprint density at radius 1 is 1.50 bits per heavy atom. The first-order valence-corrected chi connectivity index (χ1v) is 7.25. The minimum Gasteiger partial charge on any atom is -0.376 e. The molecule has 1 amide bonds. The lowest BCUT2D eigenvalue weighted by molar-refractivity contribution is -0.127. The van der Waals surface area contributed by atoms with Crippen LogP contribution in [-0.4, -0.2) is 37.7 Å². The Morgan fingerprint density at radius 3 is 2.83 bits per heavy atom. The highest BCUT2D eigenvalue weighted by atomic mass is 16.5. The van der Waals surface area contributed by atoms with Gasteiger partial charge in [-0.15, -0.1) is 0 Å². The molecule has 0 spiro atoms. The van der Waals surface area contributed by atoms with Crippen molar-refractivity contribution in [2.75, 3.05) is 20.2 Å². The molecule has 4 nitrogen and oxygen atoms in total. The molecule has 4 heteroatoms. The maximum atomic E-state index is 12.1. The second kappa shape index (κ2) is 6.02. The molecular formula is C14H26N2O2. The molecule has 0 aromatic rings. The second-order valence-corrected chi connectivity index (χ2v) is 5.76. The number of piperidine rings is 1. The minimum atomic E-state index is -0.0749. The molecule has 1 saturated carbocycles. The zero-order valence-electron chi connectivity index (χ0n) is 11.6. The van der Waals surface area contributed by atoms with E-state index in [4.69, 9.17) is 4.74 Å². The molecule has 1 saturated heterocycles. The molecule has 2 N–H and O–H groups in total.